The molecule has 0 aromatic rings. The molecule has 53 valence electrons. The van der Waals surface area contributed by atoms with Gasteiger partial charge in [-0.3, -0.25) is 0 Å². The van der Waals surface area contributed by atoms with E-state index < -0.39 is 8.07 Å². The third-order valence-electron chi connectivity index (χ3n) is 2.06. The van der Waals surface area contributed by atoms with Crippen LogP contribution in [-0.2, 0) is 4.43 Å². The first-order valence-electron chi connectivity index (χ1n) is 3.16. The lowest BCUT2D eigenvalue weighted by Gasteiger charge is -2.35. The SMILES string of the molecule is CC(C)(O[Si])[Si](C)(C)C. The maximum Gasteiger partial charge on any atom is 0.246 e. The van der Waals surface area contributed by atoms with Crippen molar-refractivity contribution in [3.8, 4) is 0 Å². The molecule has 0 aromatic heterocycles. The molecule has 0 N–H and O–H groups in total. The van der Waals surface area contributed by atoms with Crippen molar-refractivity contribution in [2.24, 2.45) is 0 Å². The van der Waals surface area contributed by atoms with Gasteiger partial charge >= 0.3 is 0 Å². The van der Waals surface area contributed by atoms with Gasteiger partial charge < -0.3 is 4.43 Å². The third kappa shape index (κ3) is 2.23. The van der Waals surface area contributed by atoms with Crippen molar-refractivity contribution in [3.05, 3.63) is 0 Å². The highest BCUT2D eigenvalue weighted by atomic mass is 28.3. The molecular weight excluding hydrogens is 144 g/mol. The zero-order valence-corrected chi connectivity index (χ0v) is 8.91. The fourth-order valence-electron chi connectivity index (χ4n) is 0.153. The van der Waals surface area contributed by atoms with Crippen LogP contribution in [0.1, 0.15) is 13.8 Å². The summed E-state index contributed by atoms with van der Waals surface area (Å²) in [6.07, 6.45) is 0. The van der Waals surface area contributed by atoms with E-state index in [2.05, 4.69) is 44.0 Å². The Balaban J connectivity index is 4.14. The van der Waals surface area contributed by atoms with Crippen molar-refractivity contribution < 1.29 is 4.43 Å². The van der Waals surface area contributed by atoms with E-state index in [1.807, 2.05) is 0 Å². The molecule has 0 heterocycles. The van der Waals surface area contributed by atoms with Crippen molar-refractivity contribution in [2.45, 2.75) is 38.7 Å². The van der Waals surface area contributed by atoms with Gasteiger partial charge in [-0.15, -0.1) is 0 Å². The Labute approximate surface area is 62.4 Å². The second-order valence-electron chi connectivity index (χ2n) is 3.86. The Morgan fingerprint density at radius 2 is 1.56 bits per heavy atom. The Bertz CT molecular complexity index is 93.7. The van der Waals surface area contributed by atoms with Crippen molar-refractivity contribution in [2.75, 3.05) is 0 Å². The molecule has 0 saturated carbocycles. The minimum atomic E-state index is -1.16. The fourth-order valence-corrected chi connectivity index (χ4v) is 1.38. The summed E-state index contributed by atoms with van der Waals surface area (Å²) < 4.78 is 5.17. The quantitative estimate of drug-likeness (QED) is 0.558. The lowest BCUT2D eigenvalue weighted by molar-refractivity contribution is 0.205. The topological polar surface area (TPSA) is 9.23 Å². The van der Waals surface area contributed by atoms with E-state index in [9.17, 15) is 0 Å². The lowest BCUT2D eigenvalue weighted by Crippen LogP contribution is -2.48. The molecule has 0 amide bonds. The van der Waals surface area contributed by atoms with E-state index in [-0.39, 0.29) is 5.22 Å². The average Bonchev–Trinajstić information content (AvgIpc) is 1.64. The van der Waals surface area contributed by atoms with E-state index in [0.29, 0.717) is 0 Å². The van der Waals surface area contributed by atoms with Crippen molar-refractivity contribution in [1.82, 2.24) is 0 Å². The predicted molar refractivity (Wildman–Crippen MR) is 44.3 cm³/mol. The molecule has 3 heteroatoms. The van der Waals surface area contributed by atoms with Crippen molar-refractivity contribution in [1.29, 1.82) is 0 Å². The van der Waals surface area contributed by atoms with Gasteiger partial charge in [0.25, 0.3) is 0 Å². The minimum Gasteiger partial charge on any atom is -0.416 e. The number of rotatable bonds is 2. The van der Waals surface area contributed by atoms with E-state index in [0.717, 1.165) is 0 Å². The molecule has 0 rings (SSSR count). The maximum atomic E-state index is 5.17. The molecule has 3 radical (unpaired) electrons. The first-order chi connectivity index (χ1) is 3.81. The predicted octanol–water partition coefficient (Wildman–Crippen LogP) is 1.74. The second-order valence-corrected chi connectivity index (χ2v) is 9.77. The van der Waals surface area contributed by atoms with Gasteiger partial charge in [0, 0.05) is 5.22 Å². The van der Waals surface area contributed by atoms with E-state index in [1.165, 1.54) is 0 Å². The van der Waals surface area contributed by atoms with Gasteiger partial charge in [0.1, 0.15) is 0 Å². The van der Waals surface area contributed by atoms with Crippen LogP contribution in [0.15, 0.2) is 0 Å². The van der Waals surface area contributed by atoms with Gasteiger partial charge in [-0.25, -0.2) is 0 Å². The van der Waals surface area contributed by atoms with Gasteiger partial charge in [0.2, 0.25) is 10.5 Å². The molecule has 0 unspecified atom stereocenters. The summed E-state index contributed by atoms with van der Waals surface area (Å²) in [4.78, 5) is 0. The van der Waals surface area contributed by atoms with Crippen LogP contribution in [0.4, 0.5) is 0 Å². The normalized spacial score (nSPS) is 14.0. The highest BCUT2D eigenvalue weighted by Crippen LogP contribution is 2.21. The standard InChI is InChI=1S/C6H15OSi2/c1-6(2,7-8)9(3,4)5/h1-5H3. The zero-order chi connectivity index (χ0) is 7.71. The van der Waals surface area contributed by atoms with Crippen LogP contribution in [0.5, 0.6) is 0 Å². The Morgan fingerprint density at radius 3 is 1.56 bits per heavy atom. The first kappa shape index (κ1) is 9.39. The summed E-state index contributed by atoms with van der Waals surface area (Å²) in [5, 5.41) is 0.0316. The summed E-state index contributed by atoms with van der Waals surface area (Å²) >= 11 is 0. The summed E-state index contributed by atoms with van der Waals surface area (Å²) in [7, 11) is 1.93. The second kappa shape index (κ2) is 2.56. The summed E-state index contributed by atoms with van der Waals surface area (Å²) in [6, 6.07) is 0. The molecule has 0 aliphatic rings. The van der Waals surface area contributed by atoms with Crippen LogP contribution in [0.25, 0.3) is 0 Å². The molecule has 0 aliphatic heterocycles. The molecule has 0 atom stereocenters. The zero-order valence-electron chi connectivity index (χ0n) is 6.91. The highest BCUT2D eigenvalue weighted by molar-refractivity contribution is 6.79. The van der Waals surface area contributed by atoms with Crippen molar-refractivity contribution >= 4 is 18.6 Å². The molecule has 0 fully saturated rings. The van der Waals surface area contributed by atoms with Crippen LogP contribution >= 0.6 is 0 Å². The van der Waals surface area contributed by atoms with Gasteiger partial charge in [-0.2, -0.15) is 0 Å². The highest BCUT2D eigenvalue weighted by Gasteiger charge is 2.33. The Hall–Kier alpha value is 0.394. The minimum absolute atomic E-state index is 0.0316. The summed E-state index contributed by atoms with van der Waals surface area (Å²) in [6.45, 7) is 11.1. The van der Waals surface area contributed by atoms with Gasteiger partial charge in [0.15, 0.2) is 0 Å². The Kier molecular flexibility index (Phi) is 2.67. The third-order valence-corrected chi connectivity index (χ3v) is 6.49. The van der Waals surface area contributed by atoms with E-state index >= 15 is 0 Å². The number of hydrogen-bond acceptors (Lipinski definition) is 1. The maximum absolute atomic E-state index is 5.17. The van der Waals surface area contributed by atoms with Crippen LogP contribution in [0.2, 0.25) is 19.6 Å². The molecule has 0 aliphatic carbocycles. The van der Waals surface area contributed by atoms with Crippen LogP contribution in [0.3, 0.4) is 0 Å². The van der Waals surface area contributed by atoms with Gasteiger partial charge in [-0.1, -0.05) is 19.6 Å². The Morgan fingerprint density at radius 1 is 1.22 bits per heavy atom. The monoisotopic (exact) mass is 159 g/mol. The van der Waals surface area contributed by atoms with Crippen LogP contribution in [0, 0.1) is 0 Å². The lowest BCUT2D eigenvalue weighted by atomic mass is 10.5. The van der Waals surface area contributed by atoms with Crippen LogP contribution < -0.4 is 0 Å². The van der Waals surface area contributed by atoms with Crippen molar-refractivity contribution in [3.63, 3.8) is 0 Å². The molecule has 0 spiro atoms. The molecule has 9 heavy (non-hydrogen) atoms. The van der Waals surface area contributed by atoms with E-state index in [1.54, 1.807) is 0 Å². The molecule has 0 saturated heterocycles. The summed E-state index contributed by atoms with van der Waals surface area (Å²) in [5.41, 5.74) is 0. The molecule has 0 aromatic carbocycles. The fraction of sp³-hybridized carbons (Fsp3) is 1.00. The molecule has 0 bridgehead atoms. The first-order valence-corrected chi connectivity index (χ1v) is 7.07. The number of hydrogen-bond donors (Lipinski definition) is 0. The van der Waals surface area contributed by atoms with Crippen LogP contribution in [-0.4, -0.2) is 23.8 Å². The smallest absolute Gasteiger partial charge is 0.246 e. The van der Waals surface area contributed by atoms with Gasteiger partial charge in [-0.05, 0) is 13.8 Å². The molecular formula is C6H15OSi2. The average molecular weight is 159 g/mol. The largest absolute Gasteiger partial charge is 0.416 e. The van der Waals surface area contributed by atoms with Gasteiger partial charge in [0.05, 0.1) is 8.07 Å². The van der Waals surface area contributed by atoms with E-state index in [4.69, 9.17) is 4.43 Å². The molecule has 1 nitrogen and oxygen atoms in total. The summed E-state index contributed by atoms with van der Waals surface area (Å²) in [5.74, 6) is 0.